The first-order valence-corrected chi connectivity index (χ1v) is 11.5. The van der Waals surface area contributed by atoms with Crippen molar-refractivity contribution < 1.29 is 18.8 Å². The maximum Gasteiger partial charge on any atom is 0.266 e. The Morgan fingerprint density at radius 2 is 1.63 bits per heavy atom. The molecule has 4 aromatic rings. The second-order valence-electron chi connectivity index (χ2n) is 7.63. The standard InChI is InChI=1S/C26H21FN4O3S/c1-16-12-22(31-25(33)17-6-4-8-19(27)13-17)35-23(16)26(34)30-20-10-5-7-18(14-20)24(32)29-15-21-9-2-3-11-28-21/h2-14H,15H2,1H3,(H,29,32)(H,30,34)(H,31,33). The number of carbonyl (C=O) groups is 3. The number of anilines is 2. The minimum absolute atomic E-state index is 0.181. The van der Waals surface area contributed by atoms with E-state index >= 15 is 0 Å². The molecule has 35 heavy (non-hydrogen) atoms. The molecule has 0 saturated carbocycles. The molecule has 9 heteroatoms. The zero-order valence-electron chi connectivity index (χ0n) is 18.7. The molecule has 7 nitrogen and oxygen atoms in total. The zero-order chi connectivity index (χ0) is 24.8. The molecule has 0 fully saturated rings. The van der Waals surface area contributed by atoms with Crippen LogP contribution in [0.4, 0.5) is 15.1 Å². The van der Waals surface area contributed by atoms with Gasteiger partial charge in [-0.1, -0.05) is 18.2 Å². The molecule has 0 radical (unpaired) electrons. The number of hydrogen-bond donors (Lipinski definition) is 3. The van der Waals surface area contributed by atoms with Crippen molar-refractivity contribution in [1.29, 1.82) is 0 Å². The van der Waals surface area contributed by atoms with Crippen LogP contribution in [0.1, 0.15) is 41.6 Å². The largest absolute Gasteiger partial charge is 0.346 e. The van der Waals surface area contributed by atoms with E-state index in [-0.39, 0.29) is 23.9 Å². The van der Waals surface area contributed by atoms with Gasteiger partial charge in [0.2, 0.25) is 0 Å². The molecule has 3 amide bonds. The fourth-order valence-electron chi connectivity index (χ4n) is 3.28. The molecule has 0 saturated heterocycles. The molecule has 176 valence electrons. The highest BCUT2D eigenvalue weighted by molar-refractivity contribution is 7.18. The van der Waals surface area contributed by atoms with Crippen molar-refractivity contribution in [2.75, 3.05) is 10.6 Å². The van der Waals surface area contributed by atoms with Gasteiger partial charge in [0.1, 0.15) is 5.82 Å². The summed E-state index contributed by atoms with van der Waals surface area (Å²) < 4.78 is 13.4. The number of pyridine rings is 1. The normalized spacial score (nSPS) is 10.5. The van der Waals surface area contributed by atoms with Crippen LogP contribution in [0.5, 0.6) is 0 Å². The SMILES string of the molecule is Cc1cc(NC(=O)c2cccc(F)c2)sc1C(=O)Nc1cccc(C(=O)NCc2ccccn2)c1. The minimum Gasteiger partial charge on any atom is -0.346 e. The Labute approximate surface area is 205 Å². The van der Waals surface area contributed by atoms with E-state index < -0.39 is 11.7 Å². The number of aryl methyl sites for hydroxylation is 1. The number of amides is 3. The van der Waals surface area contributed by atoms with Crippen molar-refractivity contribution in [3.05, 3.63) is 112 Å². The van der Waals surface area contributed by atoms with Crippen molar-refractivity contribution in [3.63, 3.8) is 0 Å². The number of benzene rings is 2. The van der Waals surface area contributed by atoms with Crippen LogP contribution in [0.2, 0.25) is 0 Å². The molecule has 0 aliphatic rings. The summed E-state index contributed by atoms with van der Waals surface area (Å²) >= 11 is 1.11. The summed E-state index contributed by atoms with van der Waals surface area (Å²) in [7, 11) is 0. The first kappa shape index (κ1) is 23.8. The molecule has 0 spiro atoms. The number of hydrogen-bond acceptors (Lipinski definition) is 5. The van der Waals surface area contributed by atoms with Gasteiger partial charge in [0.15, 0.2) is 0 Å². The number of nitrogens with zero attached hydrogens (tertiary/aromatic N) is 1. The molecule has 0 unspecified atom stereocenters. The van der Waals surface area contributed by atoms with Crippen LogP contribution in [0.3, 0.4) is 0 Å². The Morgan fingerprint density at radius 1 is 0.857 bits per heavy atom. The topological polar surface area (TPSA) is 100 Å². The average molecular weight is 489 g/mol. The third kappa shape index (κ3) is 6.15. The van der Waals surface area contributed by atoms with E-state index in [1.165, 1.54) is 18.2 Å². The second kappa shape index (κ2) is 10.7. The number of aromatic nitrogens is 1. The first-order chi connectivity index (χ1) is 16.9. The van der Waals surface area contributed by atoms with Gasteiger partial charge < -0.3 is 16.0 Å². The van der Waals surface area contributed by atoms with Crippen LogP contribution in [0, 0.1) is 12.7 Å². The molecule has 3 N–H and O–H groups in total. The Balaban J connectivity index is 1.40. The van der Waals surface area contributed by atoms with Gasteiger partial charge in [-0.15, -0.1) is 11.3 Å². The number of rotatable bonds is 7. The Morgan fingerprint density at radius 3 is 2.37 bits per heavy atom. The van der Waals surface area contributed by atoms with E-state index in [1.807, 2.05) is 12.1 Å². The van der Waals surface area contributed by atoms with Gasteiger partial charge in [-0.2, -0.15) is 0 Å². The lowest BCUT2D eigenvalue weighted by atomic mass is 10.1. The van der Waals surface area contributed by atoms with E-state index in [2.05, 4.69) is 20.9 Å². The summed E-state index contributed by atoms with van der Waals surface area (Å²) in [6.45, 7) is 2.04. The summed E-state index contributed by atoms with van der Waals surface area (Å²) in [6, 6.07) is 19.1. The average Bonchev–Trinajstić information content (AvgIpc) is 3.23. The molecular formula is C26H21FN4O3S. The molecule has 4 rings (SSSR count). The monoisotopic (exact) mass is 488 g/mol. The number of nitrogens with one attached hydrogen (secondary N) is 3. The molecule has 0 aliphatic heterocycles. The predicted molar refractivity (Wildman–Crippen MR) is 133 cm³/mol. The van der Waals surface area contributed by atoms with Gasteiger partial charge in [0.25, 0.3) is 17.7 Å². The highest BCUT2D eigenvalue weighted by atomic mass is 32.1. The van der Waals surface area contributed by atoms with Gasteiger partial charge >= 0.3 is 0 Å². The molecular weight excluding hydrogens is 467 g/mol. The second-order valence-corrected chi connectivity index (χ2v) is 8.68. The molecule has 2 heterocycles. The molecule has 0 atom stereocenters. The van der Waals surface area contributed by atoms with E-state index in [9.17, 15) is 18.8 Å². The van der Waals surface area contributed by atoms with E-state index in [1.54, 1.807) is 49.5 Å². The Hall–Kier alpha value is -4.37. The van der Waals surface area contributed by atoms with Crippen molar-refractivity contribution in [1.82, 2.24) is 10.3 Å². The number of carbonyl (C=O) groups excluding carboxylic acids is 3. The van der Waals surface area contributed by atoms with Crippen LogP contribution in [-0.2, 0) is 6.54 Å². The lowest BCUT2D eigenvalue weighted by Gasteiger charge is -2.08. The van der Waals surface area contributed by atoms with Crippen LogP contribution >= 0.6 is 11.3 Å². The quantitative estimate of drug-likeness (QED) is 0.340. The predicted octanol–water partition coefficient (Wildman–Crippen LogP) is 5.03. The maximum atomic E-state index is 13.4. The highest BCUT2D eigenvalue weighted by Gasteiger charge is 2.17. The molecule has 2 aromatic heterocycles. The summed E-state index contributed by atoms with van der Waals surface area (Å²) in [5, 5.41) is 8.74. The fourth-order valence-corrected chi connectivity index (χ4v) is 4.25. The van der Waals surface area contributed by atoms with Crippen LogP contribution < -0.4 is 16.0 Å². The van der Waals surface area contributed by atoms with Crippen molar-refractivity contribution in [3.8, 4) is 0 Å². The summed E-state index contributed by atoms with van der Waals surface area (Å²) in [4.78, 5) is 42.3. The van der Waals surface area contributed by atoms with Crippen molar-refractivity contribution in [2.45, 2.75) is 13.5 Å². The van der Waals surface area contributed by atoms with Crippen LogP contribution in [0.15, 0.2) is 79.0 Å². The van der Waals surface area contributed by atoms with Gasteiger partial charge in [-0.05, 0) is 67.1 Å². The van der Waals surface area contributed by atoms with Gasteiger partial charge in [0.05, 0.1) is 22.1 Å². The van der Waals surface area contributed by atoms with E-state index in [0.717, 1.165) is 23.1 Å². The third-order valence-electron chi connectivity index (χ3n) is 4.99. The van der Waals surface area contributed by atoms with Crippen LogP contribution in [0.25, 0.3) is 0 Å². The minimum atomic E-state index is -0.507. The number of halogens is 1. The third-order valence-corrected chi connectivity index (χ3v) is 6.14. The molecule has 2 aromatic carbocycles. The lowest BCUT2D eigenvalue weighted by Crippen LogP contribution is -2.23. The van der Waals surface area contributed by atoms with E-state index in [0.29, 0.717) is 26.7 Å². The Kier molecular flexibility index (Phi) is 7.27. The molecule has 0 aliphatic carbocycles. The summed E-state index contributed by atoms with van der Waals surface area (Å²) in [5.41, 5.74) is 2.44. The van der Waals surface area contributed by atoms with Gasteiger partial charge in [-0.3, -0.25) is 19.4 Å². The smallest absolute Gasteiger partial charge is 0.266 e. The van der Waals surface area contributed by atoms with Gasteiger partial charge in [0, 0.05) is 23.0 Å². The maximum absolute atomic E-state index is 13.4. The van der Waals surface area contributed by atoms with Crippen molar-refractivity contribution in [2.24, 2.45) is 0 Å². The lowest BCUT2D eigenvalue weighted by molar-refractivity contribution is 0.0948. The summed E-state index contributed by atoms with van der Waals surface area (Å²) in [6.07, 6.45) is 1.66. The first-order valence-electron chi connectivity index (χ1n) is 10.7. The highest BCUT2D eigenvalue weighted by Crippen LogP contribution is 2.28. The Bertz CT molecular complexity index is 1390. The zero-order valence-corrected chi connectivity index (χ0v) is 19.5. The fraction of sp³-hybridized carbons (Fsp3) is 0.0769. The number of thiophene rings is 1. The summed E-state index contributed by atoms with van der Waals surface area (Å²) in [5.74, 6) is -1.64. The molecule has 0 bridgehead atoms. The van der Waals surface area contributed by atoms with E-state index in [4.69, 9.17) is 0 Å². The van der Waals surface area contributed by atoms with Gasteiger partial charge in [-0.25, -0.2) is 4.39 Å². The van der Waals surface area contributed by atoms with Crippen LogP contribution in [-0.4, -0.2) is 22.7 Å². The van der Waals surface area contributed by atoms with Crippen molar-refractivity contribution >= 4 is 39.7 Å².